The van der Waals surface area contributed by atoms with Gasteiger partial charge < -0.3 is 14.6 Å². The minimum Gasteiger partial charge on any atom is -0.463 e. The van der Waals surface area contributed by atoms with Crippen molar-refractivity contribution in [2.45, 2.75) is 58.3 Å². The number of carbonyl (C=O) groups excluding carboxylic acids is 1. The molecule has 1 aliphatic rings. The minimum absolute atomic E-state index is 0.0406. The van der Waals surface area contributed by atoms with Crippen molar-refractivity contribution < 1.29 is 28.2 Å². The Morgan fingerprint density at radius 2 is 2.06 bits per heavy atom. The van der Waals surface area contributed by atoms with Gasteiger partial charge in [0.25, 0.3) is 0 Å². The number of hydrogen-bond acceptors (Lipinski definition) is 5. The van der Waals surface area contributed by atoms with E-state index in [9.17, 15) is 18.7 Å². The summed E-state index contributed by atoms with van der Waals surface area (Å²) < 4.78 is 39.3. The van der Waals surface area contributed by atoms with E-state index in [1.165, 1.54) is 18.2 Å². The number of hydrogen-bond donors (Lipinski definition) is 1. The van der Waals surface area contributed by atoms with Gasteiger partial charge in [0, 0.05) is 24.2 Å². The quantitative estimate of drug-likeness (QED) is 0.357. The van der Waals surface area contributed by atoms with Crippen LogP contribution in [0.1, 0.15) is 55.0 Å². The maximum atomic E-state index is 14.6. The summed E-state index contributed by atoms with van der Waals surface area (Å²) in [6.45, 7) is 6.78. The van der Waals surface area contributed by atoms with Crippen LogP contribution >= 0.6 is 0 Å². The van der Waals surface area contributed by atoms with Crippen LogP contribution in [-0.4, -0.2) is 54.4 Å². The van der Waals surface area contributed by atoms with E-state index < -0.39 is 24.0 Å². The summed E-state index contributed by atoms with van der Waals surface area (Å²) in [5, 5.41) is 10.6. The number of esters is 1. The van der Waals surface area contributed by atoms with Gasteiger partial charge in [0.1, 0.15) is 11.6 Å². The molecule has 2 aromatic rings. The Balaban J connectivity index is 1.57. The number of ether oxygens (including phenoxy) is 2. The molecule has 0 spiro atoms. The summed E-state index contributed by atoms with van der Waals surface area (Å²) in [5.74, 6) is -1.14. The zero-order chi connectivity index (χ0) is 25.4. The number of aryl methyl sites for hydroxylation is 1. The highest BCUT2D eigenvalue weighted by atomic mass is 19.1. The normalized spacial score (nSPS) is 18.2. The van der Waals surface area contributed by atoms with E-state index in [1.807, 2.05) is 6.07 Å². The van der Waals surface area contributed by atoms with Crippen molar-refractivity contribution in [3.8, 4) is 0 Å². The second-order valence-corrected chi connectivity index (χ2v) is 9.04. The van der Waals surface area contributed by atoms with Gasteiger partial charge in [-0.15, -0.1) is 0 Å². The van der Waals surface area contributed by atoms with E-state index in [0.29, 0.717) is 23.2 Å². The highest BCUT2D eigenvalue weighted by Crippen LogP contribution is 2.27. The van der Waals surface area contributed by atoms with Gasteiger partial charge in [0.05, 0.1) is 25.4 Å². The average Bonchev–Trinajstić information content (AvgIpc) is 3.25. The van der Waals surface area contributed by atoms with Crippen molar-refractivity contribution in [3.63, 3.8) is 0 Å². The van der Waals surface area contributed by atoms with Crippen molar-refractivity contribution >= 4 is 12.0 Å². The van der Waals surface area contributed by atoms with Crippen LogP contribution in [0.4, 0.5) is 8.78 Å². The number of carbonyl (C=O) groups is 1. The second-order valence-electron chi connectivity index (χ2n) is 9.04. The molecular formula is C28H35F2NO4. The smallest absolute Gasteiger partial charge is 0.330 e. The number of rotatable bonds is 11. The molecule has 0 saturated carbocycles. The molecule has 1 aliphatic heterocycles. The predicted octanol–water partition coefficient (Wildman–Crippen LogP) is 5.00. The van der Waals surface area contributed by atoms with Crippen LogP contribution in [-0.2, 0) is 20.7 Å². The highest BCUT2D eigenvalue weighted by molar-refractivity contribution is 5.87. The topological polar surface area (TPSA) is 59.0 Å². The van der Waals surface area contributed by atoms with Gasteiger partial charge in [-0.25, -0.2) is 13.6 Å². The van der Waals surface area contributed by atoms with Crippen LogP contribution < -0.4 is 0 Å². The lowest BCUT2D eigenvalue weighted by molar-refractivity contribution is -0.137. The van der Waals surface area contributed by atoms with Crippen LogP contribution in [0.25, 0.3) is 6.08 Å². The third kappa shape index (κ3) is 7.69. The van der Waals surface area contributed by atoms with Gasteiger partial charge in [0.2, 0.25) is 0 Å². The monoisotopic (exact) mass is 487 g/mol. The Bertz CT molecular complexity index is 1030. The lowest BCUT2D eigenvalue weighted by Crippen LogP contribution is -2.39. The first-order valence-corrected chi connectivity index (χ1v) is 12.2. The minimum atomic E-state index is -0.752. The summed E-state index contributed by atoms with van der Waals surface area (Å²) in [4.78, 5) is 13.9. The fourth-order valence-corrected chi connectivity index (χ4v) is 4.54. The van der Waals surface area contributed by atoms with Gasteiger partial charge in [0.15, 0.2) is 0 Å². The summed E-state index contributed by atoms with van der Waals surface area (Å²) in [5.41, 5.74) is 2.42. The number of benzene rings is 2. The number of β-amino-alcohol motifs (C(OH)–C–C–N with tert-alkyl or cyclic N) is 1. The molecule has 1 unspecified atom stereocenters. The Hall–Kier alpha value is -2.61. The molecule has 3 rings (SSSR count). The highest BCUT2D eigenvalue weighted by Gasteiger charge is 2.27. The molecule has 0 bridgehead atoms. The summed E-state index contributed by atoms with van der Waals surface area (Å²) in [7, 11) is 0. The fourth-order valence-electron chi connectivity index (χ4n) is 4.54. The molecule has 0 aliphatic carbocycles. The lowest BCUT2D eigenvalue weighted by Gasteiger charge is -2.27. The summed E-state index contributed by atoms with van der Waals surface area (Å²) in [6, 6.07) is 10.2. The van der Waals surface area contributed by atoms with Gasteiger partial charge in [-0.05, 0) is 81.5 Å². The number of aliphatic hydroxyl groups is 1. The van der Waals surface area contributed by atoms with E-state index in [-0.39, 0.29) is 25.1 Å². The molecule has 1 saturated heterocycles. The standard InChI is InChI=1S/C28H35F2NO4/c1-4-34-27(33)13-12-22-7-5-9-25(29)28(22)20(3)35-18-24(32)17-31-14-6-8-23(31)15-21-11-10-19(2)26(30)16-21/h5,7,9-13,16,20,23-24,32H,4,6,8,14-15,17-18H2,1-3H3/t20?,23-,24+/m0/s1. The summed E-state index contributed by atoms with van der Waals surface area (Å²) >= 11 is 0. The van der Waals surface area contributed by atoms with Gasteiger partial charge >= 0.3 is 5.97 Å². The molecule has 2 aromatic carbocycles. The molecule has 190 valence electrons. The fraction of sp³-hybridized carbons (Fsp3) is 0.464. The Labute approximate surface area is 206 Å². The third-order valence-electron chi connectivity index (χ3n) is 6.37. The first-order valence-electron chi connectivity index (χ1n) is 12.2. The zero-order valence-electron chi connectivity index (χ0n) is 20.7. The third-order valence-corrected chi connectivity index (χ3v) is 6.37. The van der Waals surface area contributed by atoms with Crippen LogP contribution in [0.2, 0.25) is 0 Å². The van der Waals surface area contributed by atoms with Gasteiger partial charge in [-0.3, -0.25) is 4.90 Å². The molecule has 35 heavy (non-hydrogen) atoms. The average molecular weight is 488 g/mol. The predicted molar refractivity (Wildman–Crippen MR) is 132 cm³/mol. The molecule has 0 aromatic heterocycles. The van der Waals surface area contributed by atoms with Gasteiger partial charge in [-0.2, -0.15) is 0 Å². The molecule has 0 radical (unpaired) electrons. The molecule has 3 atom stereocenters. The maximum Gasteiger partial charge on any atom is 0.330 e. The van der Waals surface area contributed by atoms with Crippen LogP contribution in [0.5, 0.6) is 0 Å². The van der Waals surface area contributed by atoms with Crippen molar-refractivity contribution in [1.82, 2.24) is 4.90 Å². The van der Waals surface area contributed by atoms with E-state index in [2.05, 4.69) is 4.90 Å². The Kier molecular flexibility index (Phi) is 9.95. The van der Waals surface area contributed by atoms with Crippen molar-refractivity contribution in [2.24, 2.45) is 0 Å². The zero-order valence-corrected chi connectivity index (χ0v) is 20.7. The number of aliphatic hydroxyl groups excluding tert-OH is 1. The maximum absolute atomic E-state index is 14.6. The molecule has 7 heteroatoms. The second kappa shape index (κ2) is 12.9. The first kappa shape index (κ1) is 27.0. The van der Waals surface area contributed by atoms with E-state index >= 15 is 0 Å². The van der Waals surface area contributed by atoms with Crippen LogP contribution in [0, 0.1) is 18.6 Å². The molecule has 1 N–H and O–H groups in total. The van der Waals surface area contributed by atoms with Crippen LogP contribution in [0.15, 0.2) is 42.5 Å². The summed E-state index contributed by atoms with van der Waals surface area (Å²) in [6.07, 6.45) is 4.13. The van der Waals surface area contributed by atoms with E-state index in [0.717, 1.165) is 31.4 Å². The largest absolute Gasteiger partial charge is 0.463 e. The first-order chi connectivity index (χ1) is 16.8. The number of halogens is 2. The molecule has 1 heterocycles. The molecular weight excluding hydrogens is 452 g/mol. The van der Waals surface area contributed by atoms with Gasteiger partial charge in [-0.1, -0.05) is 24.3 Å². The van der Waals surface area contributed by atoms with Crippen LogP contribution in [0.3, 0.4) is 0 Å². The molecule has 5 nitrogen and oxygen atoms in total. The molecule has 1 fully saturated rings. The number of likely N-dealkylation sites (tertiary alicyclic amines) is 1. The van der Waals surface area contributed by atoms with Crippen molar-refractivity contribution in [1.29, 1.82) is 0 Å². The van der Waals surface area contributed by atoms with Crippen molar-refractivity contribution in [3.05, 3.63) is 76.4 Å². The Morgan fingerprint density at radius 3 is 2.80 bits per heavy atom. The van der Waals surface area contributed by atoms with Crippen molar-refractivity contribution in [2.75, 3.05) is 26.3 Å². The van der Waals surface area contributed by atoms with E-state index in [1.54, 1.807) is 45.0 Å². The number of nitrogens with zero attached hydrogens (tertiary/aromatic N) is 1. The SMILES string of the molecule is CCOC(=O)C=Cc1cccc(F)c1C(C)OC[C@H](O)CN1CCC[C@H]1Cc1ccc(C)c(F)c1. The van der Waals surface area contributed by atoms with E-state index in [4.69, 9.17) is 9.47 Å². The lowest BCUT2D eigenvalue weighted by atomic mass is 10.0. The Morgan fingerprint density at radius 1 is 1.26 bits per heavy atom. The molecule has 0 amide bonds.